The molecule has 0 aliphatic heterocycles. The lowest BCUT2D eigenvalue weighted by Gasteiger charge is -2.14. The number of benzene rings is 2. The molecule has 0 saturated carbocycles. The van der Waals surface area contributed by atoms with E-state index in [2.05, 4.69) is 62.4 Å². The Labute approximate surface area is 120 Å². The topological polar surface area (TPSA) is 12.9 Å². The highest BCUT2D eigenvalue weighted by molar-refractivity contribution is 5.97. The Bertz CT molecular complexity index is 716. The van der Waals surface area contributed by atoms with Crippen LogP contribution in [0.4, 0.5) is 0 Å². The van der Waals surface area contributed by atoms with Crippen LogP contribution in [0.25, 0.3) is 21.9 Å². The molecule has 0 amide bonds. The van der Waals surface area contributed by atoms with Crippen molar-refractivity contribution >= 4 is 10.8 Å². The fraction of sp³-hybridized carbons (Fsp3) is 0.211. The van der Waals surface area contributed by atoms with Gasteiger partial charge in [-0.1, -0.05) is 68.4 Å². The molecule has 1 nitrogen and oxygen atoms in total. The van der Waals surface area contributed by atoms with Crippen LogP contribution in [0.2, 0.25) is 0 Å². The van der Waals surface area contributed by atoms with Gasteiger partial charge >= 0.3 is 0 Å². The van der Waals surface area contributed by atoms with Crippen LogP contribution in [0.3, 0.4) is 0 Å². The summed E-state index contributed by atoms with van der Waals surface area (Å²) in [4.78, 5) is 4.75. The lowest BCUT2D eigenvalue weighted by molar-refractivity contribution is 0.716. The predicted octanol–water partition coefficient (Wildman–Crippen LogP) is 5.42. The quantitative estimate of drug-likeness (QED) is 0.614. The van der Waals surface area contributed by atoms with Gasteiger partial charge in [-0.2, -0.15) is 0 Å². The Hall–Kier alpha value is -2.15. The Balaban J connectivity index is 2.27. The Morgan fingerprint density at radius 2 is 1.55 bits per heavy atom. The molecule has 0 fully saturated rings. The van der Waals surface area contributed by atoms with E-state index in [4.69, 9.17) is 4.98 Å². The van der Waals surface area contributed by atoms with Crippen molar-refractivity contribution in [3.8, 4) is 11.1 Å². The molecular formula is C19H19N. The van der Waals surface area contributed by atoms with Gasteiger partial charge in [-0.3, -0.25) is 4.98 Å². The van der Waals surface area contributed by atoms with E-state index in [9.17, 15) is 0 Å². The van der Waals surface area contributed by atoms with Gasteiger partial charge in [0.15, 0.2) is 0 Å². The highest BCUT2D eigenvalue weighted by atomic mass is 14.7. The molecule has 1 atom stereocenters. The summed E-state index contributed by atoms with van der Waals surface area (Å²) in [6.07, 6.45) is 3.14. The van der Waals surface area contributed by atoms with Gasteiger partial charge in [0.1, 0.15) is 0 Å². The zero-order chi connectivity index (χ0) is 13.9. The number of pyridine rings is 1. The van der Waals surface area contributed by atoms with E-state index in [0.29, 0.717) is 5.92 Å². The van der Waals surface area contributed by atoms with Crippen molar-refractivity contribution in [1.29, 1.82) is 0 Å². The maximum absolute atomic E-state index is 4.75. The molecule has 0 bridgehead atoms. The van der Waals surface area contributed by atoms with E-state index in [1.807, 2.05) is 12.3 Å². The predicted molar refractivity (Wildman–Crippen MR) is 85.9 cm³/mol. The van der Waals surface area contributed by atoms with Gasteiger partial charge in [0.05, 0.1) is 5.69 Å². The van der Waals surface area contributed by atoms with Gasteiger partial charge in [0.25, 0.3) is 0 Å². The first kappa shape index (κ1) is 12.9. The van der Waals surface area contributed by atoms with Crippen molar-refractivity contribution < 1.29 is 0 Å². The fourth-order valence-electron chi connectivity index (χ4n) is 2.65. The average Bonchev–Trinajstić information content (AvgIpc) is 2.54. The van der Waals surface area contributed by atoms with E-state index in [0.717, 1.165) is 6.42 Å². The van der Waals surface area contributed by atoms with E-state index in [-0.39, 0.29) is 0 Å². The number of hydrogen-bond acceptors (Lipinski definition) is 1. The summed E-state index contributed by atoms with van der Waals surface area (Å²) in [5.74, 6) is 0.490. The second-order valence-corrected chi connectivity index (χ2v) is 5.28. The molecule has 0 radical (unpaired) electrons. The molecule has 2 aromatic carbocycles. The summed E-state index contributed by atoms with van der Waals surface area (Å²) in [5, 5.41) is 2.58. The number of hydrogen-bond donors (Lipinski definition) is 0. The van der Waals surface area contributed by atoms with Gasteiger partial charge in [0, 0.05) is 17.1 Å². The molecule has 1 heteroatoms. The zero-order valence-electron chi connectivity index (χ0n) is 12.0. The molecule has 1 unspecified atom stereocenters. The maximum Gasteiger partial charge on any atom is 0.0510 e. The molecule has 0 saturated heterocycles. The normalized spacial score (nSPS) is 12.5. The van der Waals surface area contributed by atoms with Crippen LogP contribution in [-0.4, -0.2) is 4.98 Å². The monoisotopic (exact) mass is 261 g/mol. The number of fused-ring (bicyclic) bond motifs is 1. The van der Waals surface area contributed by atoms with Crippen LogP contribution in [0.5, 0.6) is 0 Å². The zero-order valence-corrected chi connectivity index (χ0v) is 12.0. The second-order valence-electron chi connectivity index (χ2n) is 5.28. The fourth-order valence-corrected chi connectivity index (χ4v) is 2.65. The number of nitrogens with zero attached hydrogens (tertiary/aromatic N) is 1. The van der Waals surface area contributed by atoms with Crippen molar-refractivity contribution in [1.82, 2.24) is 4.98 Å². The molecule has 20 heavy (non-hydrogen) atoms. The van der Waals surface area contributed by atoms with Gasteiger partial charge in [-0.15, -0.1) is 0 Å². The first-order valence-electron chi connectivity index (χ1n) is 7.24. The molecule has 3 aromatic rings. The van der Waals surface area contributed by atoms with E-state index in [1.165, 1.54) is 27.6 Å². The second kappa shape index (κ2) is 5.46. The van der Waals surface area contributed by atoms with Crippen LogP contribution in [-0.2, 0) is 0 Å². The summed E-state index contributed by atoms with van der Waals surface area (Å²) >= 11 is 0. The lowest BCUT2D eigenvalue weighted by atomic mass is 9.94. The number of rotatable bonds is 3. The highest BCUT2D eigenvalue weighted by Gasteiger charge is 2.12. The lowest BCUT2D eigenvalue weighted by Crippen LogP contribution is -1.98. The van der Waals surface area contributed by atoms with E-state index >= 15 is 0 Å². The SMILES string of the molecule is CCC(C)c1ncc(-c2ccccc2)c2ccccc12. The van der Waals surface area contributed by atoms with Crippen molar-refractivity contribution in [2.45, 2.75) is 26.2 Å². The summed E-state index contributed by atoms with van der Waals surface area (Å²) in [7, 11) is 0. The van der Waals surface area contributed by atoms with Crippen LogP contribution >= 0.6 is 0 Å². The van der Waals surface area contributed by atoms with Crippen molar-refractivity contribution in [3.05, 3.63) is 66.5 Å². The molecule has 100 valence electrons. The minimum absolute atomic E-state index is 0.490. The smallest absolute Gasteiger partial charge is 0.0510 e. The van der Waals surface area contributed by atoms with Crippen molar-refractivity contribution in [2.75, 3.05) is 0 Å². The number of aromatic nitrogens is 1. The molecule has 1 heterocycles. The van der Waals surface area contributed by atoms with E-state index in [1.54, 1.807) is 0 Å². The minimum Gasteiger partial charge on any atom is -0.260 e. The first-order valence-corrected chi connectivity index (χ1v) is 7.24. The van der Waals surface area contributed by atoms with Gasteiger partial charge in [0.2, 0.25) is 0 Å². The van der Waals surface area contributed by atoms with Crippen molar-refractivity contribution in [3.63, 3.8) is 0 Å². The molecule has 0 aliphatic rings. The Kier molecular flexibility index (Phi) is 3.51. The molecule has 1 aromatic heterocycles. The largest absolute Gasteiger partial charge is 0.260 e. The summed E-state index contributed by atoms with van der Waals surface area (Å²) in [5.41, 5.74) is 3.66. The van der Waals surface area contributed by atoms with Crippen molar-refractivity contribution in [2.24, 2.45) is 0 Å². The maximum atomic E-state index is 4.75. The standard InChI is InChI=1S/C19H19N/c1-3-14(2)19-17-12-8-7-11-16(17)18(13-20-19)15-9-5-4-6-10-15/h4-14H,3H2,1-2H3. The molecular weight excluding hydrogens is 242 g/mol. The Morgan fingerprint density at radius 1 is 0.900 bits per heavy atom. The van der Waals surface area contributed by atoms with Gasteiger partial charge < -0.3 is 0 Å². The summed E-state index contributed by atoms with van der Waals surface area (Å²) in [6.45, 7) is 4.46. The summed E-state index contributed by atoms with van der Waals surface area (Å²) in [6, 6.07) is 19.1. The van der Waals surface area contributed by atoms with Gasteiger partial charge in [-0.25, -0.2) is 0 Å². The third-order valence-corrected chi connectivity index (χ3v) is 3.99. The first-order chi connectivity index (χ1) is 9.81. The molecule has 0 aliphatic carbocycles. The minimum atomic E-state index is 0.490. The molecule has 0 N–H and O–H groups in total. The van der Waals surface area contributed by atoms with Crippen LogP contribution in [0, 0.1) is 0 Å². The van der Waals surface area contributed by atoms with Crippen LogP contribution in [0.15, 0.2) is 60.8 Å². The van der Waals surface area contributed by atoms with Gasteiger partial charge in [-0.05, 0) is 23.3 Å². The Morgan fingerprint density at radius 3 is 2.25 bits per heavy atom. The highest BCUT2D eigenvalue weighted by Crippen LogP contribution is 2.32. The summed E-state index contributed by atoms with van der Waals surface area (Å²) < 4.78 is 0. The third-order valence-electron chi connectivity index (χ3n) is 3.99. The van der Waals surface area contributed by atoms with Crippen LogP contribution < -0.4 is 0 Å². The average molecular weight is 261 g/mol. The molecule has 0 spiro atoms. The van der Waals surface area contributed by atoms with E-state index < -0.39 is 0 Å². The van der Waals surface area contributed by atoms with Crippen LogP contribution in [0.1, 0.15) is 31.9 Å². The third kappa shape index (κ3) is 2.20. The molecule has 3 rings (SSSR count).